The van der Waals surface area contributed by atoms with Crippen molar-refractivity contribution in [1.82, 2.24) is 14.5 Å². The second-order valence-electron chi connectivity index (χ2n) is 13.2. The standard InChI is InChI=1S/C37H29N2S.C13H12N.Ir/c1-25(2)22-26-20-21-31-32(24-40-35(31)23-26)37-38-33-18-9-10-19-34(33)39(37)36-29(27-12-5-3-6-13-27)16-11-17-30(36)28-14-7-4-8-15-28;1-10-3-6-12(7-4-10)13-8-5-11(2)9-14-13;/h3-21,23,25H,22H2,1-2H3;3-6,8-9H,1-2H3;/q2*-1;/i22D2;1D3,2D3;. The number of imidazole rings is 1. The maximum absolute atomic E-state index is 8.64. The van der Waals surface area contributed by atoms with Crippen LogP contribution in [0.15, 0.2) is 158 Å². The molecular weight excluding hydrogens is 867 g/mol. The van der Waals surface area contributed by atoms with Gasteiger partial charge in [0.1, 0.15) is 0 Å². The molecule has 0 amide bonds. The first-order valence-corrected chi connectivity index (χ1v) is 18.6. The smallest absolute Gasteiger partial charge is 0.0774 e. The second-order valence-corrected chi connectivity index (χ2v) is 14.1. The van der Waals surface area contributed by atoms with Gasteiger partial charge in [0.15, 0.2) is 0 Å². The largest absolute Gasteiger partial charge is 0.332 e. The Labute approximate surface area is 353 Å². The van der Waals surface area contributed by atoms with Gasteiger partial charge >= 0.3 is 0 Å². The number of aromatic nitrogens is 3. The van der Waals surface area contributed by atoms with Crippen LogP contribution in [0.2, 0.25) is 0 Å². The minimum Gasteiger partial charge on any atom is -0.332 e. The molecule has 3 nitrogen and oxygen atoms in total. The molecule has 0 unspecified atom stereocenters. The summed E-state index contributed by atoms with van der Waals surface area (Å²) in [7, 11) is 0. The number of aryl methyl sites for hydroxylation is 2. The van der Waals surface area contributed by atoms with Crippen molar-refractivity contribution in [3.63, 3.8) is 0 Å². The summed E-state index contributed by atoms with van der Waals surface area (Å²) in [5, 5.41) is 4.59. The predicted molar refractivity (Wildman–Crippen MR) is 228 cm³/mol. The van der Waals surface area contributed by atoms with Gasteiger partial charge in [-0.15, -0.1) is 46.8 Å². The number of para-hydroxylation sites is 3. The van der Waals surface area contributed by atoms with Gasteiger partial charge in [-0.2, -0.15) is 0 Å². The molecule has 3 aromatic heterocycles. The van der Waals surface area contributed by atoms with Crippen molar-refractivity contribution in [2.24, 2.45) is 5.92 Å². The van der Waals surface area contributed by atoms with Crippen molar-refractivity contribution >= 4 is 32.5 Å². The zero-order chi connectivity index (χ0) is 43.8. The number of hydrogen-bond acceptors (Lipinski definition) is 3. The van der Waals surface area contributed by atoms with Crippen LogP contribution in [0, 0.1) is 31.1 Å². The monoisotopic (exact) mass is 916 g/mol. The number of fused-ring (bicyclic) bond motifs is 2. The van der Waals surface area contributed by atoms with Crippen molar-refractivity contribution in [1.29, 1.82) is 0 Å². The van der Waals surface area contributed by atoms with Crippen LogP contribution in [-0.2, 0) is 26.5 Å². The number of rotatable bonds is 7. The molecule has 3 heterocycles. The fourth-order valence-corrected chi connectivity index (χ4v) is 7.49. The Kier molecular flexibility index (Phi) is 8.90. The molecule has 5 heteroatoms. The van der Waals surface area contributed by atoms with Crippen LogP contribution >= 0.6 is 11.3 Å². The molecule has 0 fully saturated rings. The van der Waals surface area contributed by atoms with Crippen molar-refractivity contribution < 1.29 is 31.1 Å². The average molecular weight is 916 g/mol. The quantitative estimate of drug-likeness (QED) is 0.149. The van der Waals surface area contributed by atoms with E-state index < -0.39 is 20.1 Å². The van der Waals surface area contributed by atoms with Crippen LogP contribution in [-0.4, -0.2) is 14.5 Å². The van der Waals surface area contributed by atoms with Crippen LogP contribution in [0.3, 0.4) is 0 Å². The van der Waals surface area contributed by atoms with Crippen molar-refractivity contribution in [2.75, 3.05) is 0 Å². The molecule has 0 aliphatic carbocycles. The maximum atomic E-state index is 8.64. The fraction of sp³-hybridized carbons (Fsp3) is 0.120. The number of thiophene rings is 1. The maximum Gasteiger partial charge on any atom is 0.0774 e. The van der Waals surface area contributed by atoms with E-state index >= 15 is 0 Å². The molecule has 0 N–H and O–H groups in total. The third kappa shape index (κ3) is 8.16. The Morgan fingerprint density at radius 2 is 1.44 bits per heavy atom. The fourth-order valence-electron chi connectivity index (χ4n) is 6.61. The molecule has 0 saturated heterocycles. The van der Waals surface area contributed by atoms with E-state index in [-0.39, 0.29) is 37.2 Å². The summed E-state index contributed by atoms with van der Waals surface area (Å²) in [6.45, 7) is -0.492. The van der Waals surface area contributed by atoms with E-state index in [0.717, 1.165) is 60.4 Å². The predicted octanol–water partition coefficient (Wildman–Crippen LogP) is 13.4. The van der Waals surface area contributed by atoms with Crippen molar-refractivity contribution in [3.05, 3.63) is 186 Å². The zero-order valence-electron chi connectivity index (χ0n) is 38.2. The minimum atomic E-state index is -2.18. The molecule has 0 saturated carbocycles. The second kappa shape index (κ2) is 16.9. The summed E-state index contributed by atoms with van der Waals surface area (Å²) in [5.41, 5.74) is 10.7. The molecule has 1 radical (unpaired) electrons. The molecule has 9 rings (SSSR count). The summed E-state index contributed by atoms with van der Waals surface area (Å²) < 4.78 is 64.2. The van der Waals surface area contributed by atoms with Gasteiger partial charge in [-0.05, 0) is 53.7 Å². The molecule has 0 bridgehead atoms. The van der Waals surface area contributed by atoms with Gasteiger partial charge in [0.25, 0.3) is 0 Å². The molecule has 0 atom stereocenters. The molecule has 273 valence electrons. The zero-order valence-corrected chi connectivity index (χ0v) is 33.4. The molecule has 0 aliphatic rings. The molecule has 6 aromatic carbocycles. The molecule has 55 heavy (non-hydrogen) atoms. The van der Waals surface area contributed by atoms with Gasteiger partial charge in [0.2, 0.25) is 0 Å². The Hall–Kier alpha value is -5.45. The van der Waals surface area contributed by atoms with Crippen LogP contribution in [0.1, 0.15) is 41.5 Å². The van der Waals surface area contributed by atoms with E-state index in [1.165, 1.54) is 35.7 Å². The number of pyridine rings is 1. The van der Waals surface area contributed by atoms with Crippen molar-refractivity contribution in [3.8, 4) is 50.6 Å². The van der Waals surface area contributed by atoms with E-state index in [1.54, 1.807) is 12.1 Å². The number of benzene rings is 6. The topological polar surface area (TPSA) is 30.7 Å². The average Bonchev–Trinajstić information content (AvgIpc) is 3.88. The van der Waals surface area contributed by atoms with E-state index in [2.05, 4.69) is 106 Å². The van der Waals surface area contributed by atoms with Gasteiger partial charge < -0.3 is 9.55 Å². The van der Waals surface area contributed by atoms with Gasteiger partial charge in [-0.3, -0.25) is 16.3 Å². The van der Waals surface area contributed by atoms with Crippen LogP contribution in [0.5, 0.6) is 0 Å². The van der Waals surface area contributed by atoms with Gasteiger partial charge in [0, 0.05) is 48.4 Å². The normalized spacial score (nSPS) is 13.9. The van der Waals surface area contributed by atoms with Gasteiger partial charge in [-0.1, -0.05) is 157 Å². The first-order chi connectivity index (χ1) is 29.6. The van der Waals surface area contributed by atoms with E-state index in [0.29, 0.717) is 16.8 Å². The molecule has 0 spiro atoms. The van der Waals surface area contributed by atoms with Crippen LogP contribution < -0.4 is 0 Å². The third-order valence-electron chi connectivity index (χ3n) is 9.04. The van der Waals surface area contributed by atoms with E-state index in [4.69, 9.17) is 16.0 Å². The SMILES string of the molecule is [2H]C([2H])([2H])c1c[c-]c(-c2ccc(C([2H])([2H])[2H])cn2)cc1.[2H]C([2H])(c1ccc2c(-c3nc4ccccc4n3-c3c(-c4ccccc4)cccc3-c3ccccc3)[c-]sc2c1)C(C)C.[Ir]. The van der Waals surface area contributed by atoms with Crippen LogP contribution in [0.4, 0.5) is 0 Å². The summed E-state index contributed by atoms with van der Waals surface area (Å²) in [6, 6.07) is 52.2. The molecule has 9 aromatic rings. The Bertz CT molecular complexity index is 2860. The summed E-state index contributed by atoms with van der Waals surface area (Å²) in [5.74, 6) is 0.691. The summed E-state index contributed by atoms with van der Waals surface area (Å²) >= 11 is 1.52. The number of hydrogen-bond donors (Lipinski definition) is 0. The third-order valence-corrected chi connectivity index (χ3v) is 9.90. The van der Waals surface area contributed by atoms with E-state index in [9.17, 15) is 0 Å². The summed E-state index contributed by atoms with van der Waals surface area (Å²) in [4.78, 5) is 9.29. The first kappa shape index (κ1) is 28.9. The van der Waals surface area contributed by atoms with Gasteiger partial charge in [-0.25, -0.2) is 0 Å². The molecular formula is C50H41IrN3S-2. The van der Waals surface area contributed by atoms with Crippen molar-refractivity contribution in [2.45, 2.75) is 33.9 Å². The Morgan fingerprint density at radius 1 is 0.745 bits per heavy atom. The first-order valence-electron chi connectivity index (χ1n) is 21.8. The van der Waals surface area contributed by atoms with Gasteiger partial charge in [0.05, 0.1) is 22.5 Å². The number of nitrogens with zero attached hydrogens (tertiary/aromatic N) is 3. The van der Waals surface area contributed by atoms with E-state index in [1.807, 2.05) is 50.2 Å². The molecule has 0 aliphatic heterocycles. The Balaban J connectivity index is 0.000000239. The Morgan fingerprint density at radius 3 is 2.07 bits per heavy atom. The van der Waals surface area contributed by atoms with Crippen LogP contribution in [0.25, 0.3) is 71.7 Å². The minimum absolute atomic E-state index is 0. The summed E-state index contributed by atoms with van der Waals surface area (Å²) in [6.07, 6.45) is -0.113.